The molecule has 0 fully saturated rings. The summed E-state index contributed by atoms with van der Waals surface area (Å²) in [4.78, 5) is 17.8. The molecule has 1 amide bonds. The third kappa shape index (κ3) is 4.87. The van der Waals surface area contributed by atoms with Crippen molar-refractivity contribution in [2.24, 2.45) is 5.92 Å². The number of carbonyl (C=O) groups excluding carboxylic acids is 1. The Hall–Kier alpha value is -1.62. The molecule has 19 heavy (non-hydrogen) atoms. The van der Waals surface area contributed by atoms with Gasteiger partial charge in [0, 0.05) is 25.4 Å². The molecule has 0 aliphatic heterocycles. The van der Waals surface area contributed by atoms with E-state index in [4.69, 9.17) is 0 Å². The van der Waals surface area contributed by atoms with E-state index in [0.29, 0.717) is 18.3 Å². The number of amides is 1. The molecule has 1 rings (SSSR count). The summed E-state index contributed by atoms with van der Waals surface area (Å²) in [6.07, 6.45) is 1.05. The zero-order valence-corrected chi connectivity index (χ0v) is 12.1. The highest BCUT2D eigenvalue weighted by molar-refractivity contribution is 5.81. The number of rotatable bonds is 6. The minimum absolute atomic E-state index is 0.0432. The van der Waals surface area contributed by atoms with Crippen molar-refractivity contribution in [1.82, 2.24) is 10.3 Å². The molecular formula is C14H23N3O2. The average molecular weight is 265 g/mol. The number of aliphatic hydroxyl groups excluding tert-OH is 1. The van der Waals surface area contributed by atoms with Crippen molar-refractivity contribution >= 4 is 11.7 Å². The Kier molecular flexibility index (Phi) is 5.76. The van der Waals surface area contributed by atoms with Crippen LogP contribution in [-0.2, 0) is 4.79 Å². The van der Waals surface area contributed by atoms with Crippen molar-refractivity contribution in [3.63, 3.8) is 0 Å². The van der Waals surface area contributed by atoms with Gasteiger partial charge in [-0.1, -0.05) is 19.9 Å². The van der Waals surface area contributed by atoms with Gasteiger partial charge >= 0.3 is 0 Å². The van der Waals surface area contributed by atoms with E-state index in [-0.39, 0.29) is 12.5 Å². The van der Waals surface area contributed by atoms with Crippen LogP contribution in [0.5, 0.6) is 0 Å². The maximum atomic E-state index is 11.8. The molecule has 1 atom stereocenters. The predicted molar refractivity (Wildman–Crippen MR) is 76.0 cm³/mol. The Bertz CT molecular complexity index is 419. The monoisotopic (exact) mass is 265 g/mol. The van der Waals surface area contributed by atoms with Gasteiger partial charge in [-0.3, -0.25) is 4.79 Å². The number of hydrogen-bond donors (Lipinski definition) is 2. The molecule has 1 aromatic heterocycles. The number of likely N-dealkylation sites (N-methyl/N-ethyl adjacent to an activating group) is 1. The average Bonchev–Trinajstić information content (AvgIpc) is 2.36. The molecule has 0 saturated heterocycles. The fourth-order valence-electron chi connectivity index (χ4n) is 1.72. The van der Waals surface area contributed by atoms with E-state index in [1.165, 1.54) is 0 Å². The third-order valence-corrected chi connectivity index (χ3v) is 2.72. The molecule has 0 unspecified atom stereocenters. The van der Waals surface area contributed by atoms with E-state index >= 15 is 0 Å². The lowest BCUT2D eigenvalue weighted by Gasteiger charge is -2.21. The first-order valence-electron chi connectivity index (χ1n) is 6.52. The molecule has 2 N–H and O–H groups in total. The van der Waals surface area contributed by atoms with Gasteiger partial charge < -0.3 is 15.3 Å². The molecule has 1 aromatic rings. The third-order valence-electron chi connectivity index (χ3n) is 2.72. The van der Waals surface area contributed by atoms with E-state index in [2.05, 4.69) is 10.3 Å². The summed E-state index contributed by atoms with van der Waals surface area (Å²) in [5.41, 5.74) is 0.724. The van der Waals surface area contributed by atoms with E-state index in [9.17, 15) is 9.90 Å². The van der Waals surface area contributed by atoms with Crippen LogP contribution in [0.4, 0.5) is 5.82 Å². The summed E-state index contributed by atoms with van der Waals surface area (Å²) < 4.78 is 0. The Morgan fingerprint density at radius 3 is 2.74 bits per heavy atom. The molecule has 106 valence electrons. The number of aliphatic hydroxyl groups is 1. The van der Waals surface area contributed by atoms with Crippen LogP contribution in [0.2, 0.25) is 0 Å². The fourth-order valence-corrected chi connectivity index (χ4v) is 1.72. The molecule has 0 aliphatic rings. The van der Waals surface area contributed by atoms with Crippen LogP contribution in [0.15, 0.2) is 18.3 Å². The van der Waals surface area contributed by atoms with Crippen molar-refractivity contribution < 1.29 is 9.90 Å². The Morgan fingerprint density at radius 2 is 2.16 bits per heavy atom. The van der Waals surface area contributed by atoms with E-state index in [1.807, 2.05) is 19.9 Å². The summed E-state index contributed by atoms with van der Waals surface area (Å²) in [6.45, 7) is 6.68. The highest BCUT2D eigenvalue weighted by atomic mass is 16.3. The van der Waals surface area contributed by atoms with E-state index in [0.717, 1.165) is 5.56 Å². The molecule has 1 heterocycles. The Labute approximate surface area is 114 Å². The first-order valence-corrected chi connectivity index (χ1v) is 6.52. The van der Waals surface area contributed by atoms with Crippen molar-refractivity contribution in [3.8, 4) is 0 Å². The molecule has 0 aliphatic carbocycles. The summed E-state index contributed by atoms with van der Waals surface area (Å²) in [7, 11) is 1.79. The van der Waals surface area contributed by atoms with Gasteiger partial charge in [0.1, 0.15) is 5.82 Å². The van der Waals surface area contributed by atoms with Gasteiger partial charge in [0.05, 0.1) is 12.6 Å². The largest absolute Gasteiger partial charge is 0.389 e. The topological polar surface area (TPSA) is 65.5 Å². The van der Waals surface area contributed by atoms with Crippen LogP contribution >= 0.6 is 0 Å². The molecular weight excluding hydrogens is 242 g/mol. The molecule has 0 radical (unpaired) electrons. The van der Waals surface area contributed by atoms with Crippen molar-refractivity contribution in [1.29, 1.82) is 0 Å². The maximum absolute atomic E-state index is 11.8. The highest BCUT2D eigenvalue weighted by Crippen LogP contribution is 2.22. The molecule has 0 bridgehead atoms. The number of anilines is 1. The molecule has 0 aromatic carbocycles. The lowest BCUT2D eigenvalue weighted by atomic mass is 10.1. The molecule has 5 nitrogen and oxygen atoms in total. The number of nitrogens with zero attached hydrogens (tertiary/aromatic N) is 2. The van der Waals surface area contributed by atoms with Gasteiger partial charge in [-0.05, 0) is 18.9 Å². The summed E-state index contributed by atoms with van der Waals surface area (Å²) in [5, 5.41) is 12.6. The lowest BCUT2D eigenvalue weighted by molar-refractivity contribution is -0.119. The number of pyridine rings is 1. The Balaban J connectivity index is 2.68. The first kappa shape index (κ1) is 15.4. The summed E-state index contributed by atoms with van der Waals surface area (Å²) in [6, 6.07) is 3.59. The lowest BCUT2D eigenvalue weighted by Crippen LogP contribution is -2.37. The van der Waals surface area contributed by atoms with Gasteiger partial charge in [-0.15, -0.1) is 0 Å². The van der Waals surface area contributed by atoms with Gasteiger partial charge in [-0.25, -0.2) is 4.98 Å². The van der Waals surface area contributed by atoms with E-state index in [1.54, 1.807) is 31.1 Å². The molecule has 0 spiro atoms. The van der Waals surface area contributed by atoms with Crippen LogP contribution in [0, 0.1) is 5.92 Å². The quantitative estimate of drug-likeness (QED) is 0.814. The van der Waals surface area contributed by atoms with E-state index < -0.39 is 6.10 Å². The zero-order valence-electron chi connectivity index (χ0n) is 12.1. The number of carbonyl (C=O) groups is 1. The van der Waals surface area contributed by atoms with Gasteiger partial charge in [-0.2, -0.15) is 0 Å². The minimum atomic E-state index is -0.607. The van der Waals surface area contributed by atoms with Crippen LogP contribution in [-0.4, -0.2) is 36.1 Å². The van der Waals surface area contributed by atoms with Crippen molar-refractivity contribution in [2.45, 2.75) is 26.9 Å². The number of aromatic nitrogens is 1. The minimum Gasteiger partial charge on any atom is -0.389 e. The van der Waals surface area contributed by atoms with Gasteiger partial charge in [0.2, 0.25) is 5.91 Å². The standard InChI is InChI=1S/C14H23N3O2/c1-10(2)8-16-13(19)9-17(4)14-12(11(3)18)6-5-7-15-14/h5-7,10-11,18H,8-9H2,1-4H3,(H,16,19)/t11-/m0/s1. The second-order valence-electron chi connectivity index (χ2n) is 5.15. The number of hydrogen-bond acceptors (Lipinski definition) is 4. The normalized spacial score (nSPS) is 12.3. The van der Waals surface area contributed by atoms with Crippen LogP contribution < -0.4 is 10.2 Å². The van der Waals surface area contributed by atoms with Crippen molar-refractivity contribution in [3.05, 3.63) is 23.9 Å². The summed E-state index contributed by atoms with van der Waals surface area (Å²) >= 11 is 0. The second-order valence-corrected chi connectivity index (χ2v) is 5.15. The SMILES string of the molecule is CC(C)CNC(=O)CN(C)c1ncccc1[C@H](C)O. The predicted octanol–water partition coefficient (Wildman–Crippen LogP) is 1.34. The Morgan fingerprint density at radius 1 is 1.47 bits per heavy atom. The highest BCUT2D eigenvalue weighted by Gasteiger charge is 2.14. The first-order chi connectivity index (χ1) is 8.91. The van der Waals surface area contributed by atoms with Crippen LogP contribution in [0.1, 0.15) is 32.4 Å². The van der Waals surface area contributed by atoms with Crippen LogP contribution in [0.25, 0.3) is 0 Å². The molecule has 0 saturated carbocycles. The van der Waals surface area contributed by atoms with Crippen LogP contribution in [0.3, 0.4) is 0 Å². The second kappa shape index (κ2) is 7.09. The zero-order chi connectivity index (χ0) is 14.4. The van der Waals surface area contributed by atoms with Gasteiger partial charge in [0.25, 0.3) is 0 Å². The summed E-state index contributed by atoms with van der Waals surface area (Å²) in [5.74, 6) is 1.02. The number of nitrogens with one attached hydrogen (secondary N) is 1. The maximum Gasteiger partial charge on any atom is 0.239 e. The smallest absolute Gasteiger partial charge is 0.239 e. The van der Waals surface area contributed by atoms with Gasteiger partial charge in [0.15, 0.2) is 0 Å². The van der Waals surface area contributed by atoms with Crippen molar-refractivity contribution in [2.75, 3.05) is 25.0 Å². The fraction of sp³-hybridized carbons (Fsp3) is 0.571. The molecule has 5 heteroatoms.